The van der Waals surface area contributed by atoms with Gasteiger partial charge in [-0.2, -0.15) is 5.26 Å². The highest BCUT2D eigenvalue weighted by molar-refractivity contribution is 6.04. The van der Waals surface area contributed by atoms with E-state index in [1.165, 1.54) is 13.2 Å². The summed E-state index contributed by atoms with van der Waals surface area (Å²) in [7, 11) is 3.06. The third kappa shape index (κ3) is 4.78. The van der Waals surface area contributed by atoms with Crippen LogP contribution in [0.15, 0.2) is 48.5 Å². The number of aromatic nitrogens is 2. The molecule has 0 spiro atoms. The highest BCUT2D eigenvalue weighted by Crippen LogP contribution is 2.29. The number of nitrogens with one attached hydrogen (secondary N) is 2. The third-order valence-electron chi connectivity index (χ3n) is 3.99. The number of amides is 1. The van der Waals surface area contributed by atoms with Gasteiger partial charge in [-0.1, -0.05) is 6.07 Å². The molecule has 2 aromatic carbocycles. The fourth-order valence-corrected chi connectivity index (χ4v) is 2.66. The average Bonchev–Trinajstić information content (AvgIpc) is 2.73. The maximum atomic E-state index is 12.8. The molecule has 1 amide bonds. The van der Waals surface area contributed by atoms with Crippen molar-refractivity contribution in [1.29, 1.82) is 5.26 Å². The minimum atomic E-state index is -0.420. The Hall–Kier alpha value is -4.12. The van der Waals surface area contributed by atoms with Gasteiger partial charge in [0.1, 0.15) is 28.8 Å². The van der Waals surface area contributed by atoms with Crippen molar-refractivity contribution in [3.05, 3.63) is 65.6 Å². The Bertz CT molecular complexity index is 1090. The number of carbonyl (C=O) groups is 1. The van der Waals surface area contributed by atoms with Crippen LogP contribution in [0.1, 0.15) is 21.9 Å². The molecule has 0 saturated heterocycles. The molecule has 1 heterocycles. The Kier molecular flexibility index (Phi) is 5.90. The number of hydrogen-bond acceptors (Lipinski definition) is 7. The first-order chi connectivity index (χ1) is 14.0. The normalized spacial score (nSPS) is 10.0. The van der Waals surface area contributed by atoms with Gasteiger partial charge in [0.05, 0.1) is 31.5 Å². The highest BCUT2D eigenvalue weighted by atomic mass is 16.5. The van der Waals surface area contributed by atoms with Gasteiger partial charge in [0.25, 0.3) is 5.91 Å². The molecular formula is C21H19N5O3. The van der Waals surface area contributed by atoms with Gasteiger partial charge < -0.3 is 20.1 Å². The van der Waals surface area contributed by atoms with Crippen LogP contribution in [0.3, 0.4) is 0 Å². The number of benzene rings is 2. The topological polar surface area (TPSA) is 109 Å². The van der Waals surface area contributed by atoms with Gasteiger partial charge in [0.2, 0.25) is 0 Å². The molecule has 0 aliphatic rings. The van der Waals surface area contributed by atoms with Crippen LogP contribution in [0, 0.1) is 18.3 Å². The summed E-state index contributed by atoms with van der Waals surface area (Å²) in [6, 6.07) is 15.7. The summed E-state index contributed by atoms with van der Waals surface area (Å²) in [6.45, 7) is 1.69. The Morgan fingerprint density at radius 3 is 2.62 bits per heavy atom. The van der Waals surface area contributed by atoms with Crippen LogP contribution < -0.4 is 20.1 Å². The fourth-order valence-electron chi connectivity index (χ4n) is 2.66. The van der Waals surface area contributed by atoms with Crippen LogP contribution in [0.5, 0.6) is 11.5 Å². The largest absolute Gasteiger partial charge is 0.497 e. The second kappa shape index (κ2) is 8.71. The van der Waals surface area contributed by atoms with Gasteiger partial charge in [-0.05, 0) is 37.3 Å². The van der Waals surface area contributed by atoms with Gasteiger partial charge in [-0.15, -0.1) is 0 Å². The minimum Gasteiger partial charge on any atom is -0.497 e. The van der Waals surface area contributed by atoms with Gasteiger partial charge in [-0.25, -0.2) is 9.97 Å². The number of methoxy groups -OCH3 is 2. The van der Waals surface area contributed by atoms with Gasteiger partial charge in [0.15, 0.2) is 0 Å². The predicted octanol–water partition coefficient (Wildman–Crippen LogP) is 3.67. The molecule has 0 radical (unpaired) electrons. The Labute approximate surface area is 168 Å². The van der Waals surface area contributed by atoms with E-state index in [0.29, 0.717) is 40.1 Å². The maximum absolute atomic E-state index is 12.8. The van der Waals surface area contributed by atoms with Crippen LogP contribution in [-0.4, -0.2) is 30.1 Å². The molecule has 0 saturated carbocycles. The number of rotatable bonds is 6. The first kappa shape index (κ1) is 19.6. The Balaban J connectivity index is 1.86. The third-order valence-corrected chi connectivity index (χ3v) is 3.99. The lowest BCUT2D eigenvalue weighted by atomic mass is 10.2. The molecule has 8 heteroatoms. The van der Waals surface area contributed by atoms with Crippen LogP contribution in [0.25, 0.3) is 0 Å². The van der Waals surface area contributed by atoms with Crippen molar-refractivity contribution in [2.75, 3.05) is 24.9 Å². The van der Waals surface area contributed by atoms with E-state index in [1.54, 1.807) is 56.5 Å². The SMILES string of the molecule is COc1ccc(OC)c(NC(=O)c2cc(Nc3cccc(C#N)c3)nc(C)n2)c1. The van der Waals surface area contributed by atoms with E-state index in [4.69, 9.17) is 14.7 Å². The van der Waals surface area contributed by atoms with E-state index in [9.17, 15) is 4.79 Å². The number of ether oxygens (including phenoxy) is 2. The van der Waals surface area contributed by atoms with Gasteiger partial charge in [-0.3, -0.25) is 4.79 Å². The summed E-state index contributed by atoms with van der Waals surface area (Å²) < 4.78 is 10.5. The molecule has 29 heavy (non-hydrogen) atoms. The van der Waals surface area contributed by atoms with Crippen molar-refractivity contribution in [2.45, 2.75) is 6.92 Å². The lowest BCUT2D eigenvalue weighted by molar-refractivity contribution is 0.102. The summed E-state index contributed by atoms with van der Waals surface area (Å²) >= 11 is 0. The molecule has 146 valence electrons. The first-order valence-electron chi connectivity index (χ1n) is 8.68. The van der Waals surface area contributed by atoms with Crippen molar-refractivity contribution in [3.8, 4) is 17.6 Å². The molecule has 0 unspecified atom stereocenters. The smallest absolute Gasteiger partial charge is 0.274 e. The molecule has 0 fully saturated rings. The second-order valence-electron chi connectivity index (χ2n) is 6.02. The van der Waals surface area contributed by atoms with E-state index in [1.807, 2.05) is 0 Å². The molecule has 3 rings (SSSR count). The van der Waals surface area contributed by atoms with Gasteiger partial charge >= 0.3 is 0 Å². The van der Waals surface area contributed by atoms with Crippen molar-refractivity contribution >= 4 is 23.1 Å². The second-order valence-corrected chi connectivity index (χ2v) is 6.02. The maximum Gasteiger partial charge on any atom is 0.274 e. The van der Waals surface area contributed by atoms with Crippen LogP contribution in [0.2, 0.25) is 0 Å². The molecular weight excluding hydrogens is 370 g/mol. The summed E-state index contributed by atoms with van der Waals surface area (Å²) in [6.07, 6.45) is 0. The molecule has 0 aliphatic carbocycles. The van der Waals surface area contributed by atoms with Crippen LogP contribution in [-0.2, 0) is 0 Å². The zero-order chi connectivity index (χ0) is 20.8. The number of nitriles is 1. The summed E-state index contributed by atoms with van der Waals surface area (Å²) in [5.41, 5.74) is 1.84. The van der Waals surface area contributed by atoms with Gasteiger partial charge in [0, 0.05) is 17.8 Å². The monoisotopic (exact) mass is 389 g/mol. The molecule has 0 aliphatic heterocycles. The predicted molar refractivity (Wildman–Crippen MR) is 109 cm³/mol. The van der Waals surface area contributed by atoms with Crippen LogP contribution >= 0.6 is 0 Å². The lowest BCUT2D eigenvalue weighted by Crippen LogP contribution is -2.16. The zero-order valence-corrected chi connectivity index (χ0v) is 16.2. The molecule has 1 aromatic heterocycles. The van der Waals surface area contributed by atoms with E-state index in [-0.39, 0.29) is 5.69 Å². The molecule has 0 bridgehead atoms. The number of anilines is 3. The summed E-state index contributed by atoms with van der Waals surface area (Å²) in [4.78, 5) is 21.3. The van der Waals surface area contributed by atoms with Crippen molar-refractivity contribution in [1.82, 2.24) is 9.97 Å². The van der Waals surface area contributed by atoms with Crippen molar-refractivity contribution in [2.24, 2.45) is 0 Å². The van der Waals surface area contributed by atoms with E-state index < -0.39 is 5.91 Å². The molecule has 2 N–H and O–H groups in total. The van der Waals surface area contributed by atoms with Crippen molar-refractivity contribution in [3.63, 3.8) is 0 Å². The quantitative estimate of drug-likeness (QED) is 0.662. The number of hydrogen-bond donors (Lipinski definition) is 2. The minimum absolute atomic E-state index is 0.182. The average molecular weight is 389 g/mol. The highest BCUT2D eigenvalue weighted by Gasteiger charge is 2.14. The zero-order valence-electron chi connectivity index (χ0n) is 16.2. The summed E-state index contributed by atoms with van der Waals surface area (Å²) in [5, 5.41) is 14.9. The molecule has 3 aromatic rings. The summed E-state index contributed by atoms with van der Waals surface area (Å²) in [5.74, 6) is 1.52. The number of carbonyl (C=O) groups excluding carboxylic acids is 1. The number of aryl methyl sites for hydroxylation is 1. The fraction of sp³-hybridized carbons (Fsp3) is 0.143. The van der Waals surface area contributed by atoms with E-state index in [2.05, 4.69) is 26.7 Å². The molecule has 0 atom stereocenters. The standard InChI is InChI=1S/C21H19N5O3/c1-13-23-18(11-20(24-13)25-15-6-4-5-14(9-15)12-22)21(27)26-17-10-16(28-2)7-8-19(17)29-3/h4-11H,1-3H3,(H,26,27)(H,23,24,25). The Morgan fingerprint density at radius 2 is 1.90 bits per heavy atom. The lowest BCUT2D eigenvalue weighted by Gasteiger charge is -2.12. The Morgan fingerprint density at radius 1 is 1.07 bits per heavy atom. The van der Waals surface area contributed by atoms with Crippen molar-refractivity contribution < 1.29 is 14.3 Å². The molecule has 8 nitrogen and oxygen atoms in total. The van der Waals surface area contributed by atoms with E-state index in [0.717, 1.165) is 0 Å². The van der Waals surface area contributed by atoms with E-state index >= 15 is 0 Å². The van der Waals surface area contributed by atoms with Crippen LogP contribution in [0.4, 0.5) is 17.2 Å². The first-order valence-corrected chi connectivity index (χ1v) is 8.68. The number of nitrogens with zero attached hydrogens (tertiary/aromatic N) is 3.